The van der Waals surface area contributed by atoms with Gasteiger partial charge in [0.05, 0.1) is 25.7 Å². The van der Waals surface area contributed by atoms with Crippen molar-refractivity contribution in [2.75, 3.05) is 39.5 Å². The van der Waals surface area contributed by atoms with E-state index in [-0.39, 0.29) is 17.9 Å². The van der Waals surface area contributed by atoms with Gasteiger partial charge in [-0.2, -0.15) is 0 Å². The zero-order valence-corrected chi connectivity index (χ0v) is 17.2. The molecule has 1 unspecified atom stereocenters. The first-order valence-corrected chi connectivity index (χ1v) is 11.0. The molecule has 154 valence electrons. The third-order valence-corrected chi connectivity index (χ3v) is 6.32. The van der Waals surface area contributed by atoms with Crippen molar-refractivity contribution in [3.8, 4) is 5.75 Å². The van der Waals surface area contributed by atoms with Gasteiger partial charge < -0.3 is 19.3 Å². The van der Waals surface area contributed by atoms with Crippen LogP contribution >= 0.6 is 11.3 Å². The van der Waals surface area contributed by atoms with Gasteiger partial charge in [0.25, 0.3) is 5.91 Å². The molecule has 0 N–H and O–H groups in total. The summed E-state index contributed by atoms with van der Waals surface area (Å²) in [5.74, 6) is 0.923. The smallest absolute Gasteiger partial charge is 0.254 e. The number of carbonyl (C=O) groups is 2. The summed E-state index contributed by atoms with van der Waals surface area (Å²) in [4.78, 5) is 30.0. The predicted octanol–water partition coefficient (Wildman–Crippen LogP) is 2.83. The molecule has 2 saturated heterocycles. The molecule has 29 heavy (non-hydrogen) atoms. The molecular formula is C22H26N2O4S. The minimum Gasteiger partial charge on any atom is -0.491 e. The third-order valence-electron chi connectivity index (χ3n) is 5.44. The second-order valence-corrected chi connectivity index (χ2v) is 8.41. The number of morpholine rings is 1. The fraction of sp³-hybridized carbons (Fsp3) is 0.455. The SMILES string of the molecule is O=C(c1ccc(OCC2CCCN2C(=O)Cc2cccs2)cc1)N1CCOCC1. The molecule has 2 aliphatic heterocycles. The molecule has 4 rings (SSSR count). The van der Waals surface area contributed by atoms with Crippen LogP contribution in [0.3, 0.4) is 0 Å². The van der Waals surface area contributed by atoms with Crippen LogP contribution in [0.4, 0.5) is 0 Å². The van der Waals surface area contributed by atoms with Gasteiger partial charge in [-0.15, -0.1) is 11.3 Å². The van der Waals surface area contributed by atoms with Crippen LogP contribution in [0.25, 0.3) is 0 Å². The van der Waals surface area contributed by atoms with E-state index in [1.807, 2.05) is 51.6 Å². The highest BCUT2D eigenvalue weighted by Crippen LogP contribution is 2.22. The van der Waals surface area contributed by atoms with Gasteiger partial charge in [-0.05, 0) is 48.6 Å². The molecular weight excluding hydrogens is 388 g/mol. The molecule has 2 aromatic rings. The van der Waals surface area contributed by atoms with Gasteiger partial charge >= 0.3 is 0 Å². The maximum Gasteiger partial charge on any atom is 0.254 e. The summed E-state index contributed by atoms with van der Waals surface area (Å²) in [5.41, 5.74) is 0.660. The summed E-state index contributed by atoms with van der Waals surface area (Å²) in [6.07, 6.45) is 2.44. The quantitative estimate of drug-likeness (QED) is 0.729. The van der Waals surface area contributed by atoms with Crippen molar-refractivity contribution in [3.63, 3.8) is 0 Å². The Labute approximate surface area is 175 Å². The van der Waals surface area contributed by atoms with Crippen molar-refractivity contribution in [2.45, 2.75) is 25.3 Å². The van der Waals surface area contributed by atoms with E-state index in [0.29, 0.717) is 44.9 Å². The molecule has 1 aromatic carbocycles. The van der Waals surface area contributed by atoms with Crippen molar-refractivity contribution < 1.29 is 19.1 Å². The minimum absolute atomic E-state index is 0.0287. The lowest BCUT2D eigenvalue weighted by Crippen LogP contribution is -2.40. The van der Waals surface area contributed by atoms with Crippen LogP contribution in [0.15, 0.2) is 41.8 Å². The molecule has 0 bridgehead atoms. The highest BCUT2D eigenvalue weighted by Gasteiger charge is 2.29. The first-order chi connectivity index (χ1) is 14.2. The Bertz CT molecular complexity index is 816. The normalized spacial score (nSPS) is 19.4. The number of benzene rings is 1. The number of likely N-dealkylation sites (tertiary alicyclic amines) is 1. The van der Waals surface area contributed by atoms with E-state index in [4.69, 9.17) is 9.47 Å². The predicted molar refractivity (Wildman–Crippen MR) is 111 cm³/mol. The number of thiophene rings is 1. The summed E-state index contributed by atoms with van der Waals surface area (Å²) in [6.45, 7) is 3.73. The first kappa shape index (κ1) is 19.9. The number of carbonyl (C=O) groups excluding carboxylic acids is 2. The average Bonchev–Trinajstić information content (AvgIpc) is 3.44. The molecule has 3 heterocycles. The van der Waals surface area contributed by atoms with Crippen LogP contribution in [0.5, 0.6) is 5.75 Å². The fourth-order valence-electron chi connectivity index (χ4n) is 3.84. The monoisotopic (exact) mass is 414 g/mol. The first-order valence-electron chi connectivity index (χ1n) is 10.1. The van der Waals surface area contributed by atoms with Crippen LogP contribution in [0.1, 0.15) is 28.1 Å². The maximum absolute atomic E-state index is 12.6. The number of nitrogens with zero attached hydrogens (tertiary/aromatic N) is 2. The van der Waals surface area contributed by atoms with Gasteiger partial charge in [-0.1, -0.05) is 6.07 Å². The molecule has 2 aliphatic rings. The van der Waals surface area contributed by atoms with Crippen molar-refractivity contribution in [1.82, 2.24) is 9.80 Å². The van der Waals surface area contributed by atoms with Crippen molar-refractivity contribution in [1.29, 1.82) is 0 Å². The van der Waals surface area contributed by atoms with E-state index in [1.54, 1.807) is 11.3 Å². The summed E-state index contributed by atoms with van der Waals surface area (Å²) < 4.78 is 11.2. The topological polar surface area (TPSA) is 59.1 Å². The van der Waals surface area contributed by atoms with Crippen molar-refractivity contribution in [3.05, 3.63) is 52.2 Å². The molecule has 2 amide bonds. The lowest BCUT2D eigenvalue weighted by Gasteiger charge is -2.27. The van der Waals surface area contributed by atoms with Crippen LogP contribution in [-0.2, 0) is 16.0 Å². The summed E-state index contributed by atoms with van der Waals surface area (Å²) >= 11 is 1.62. The third kappa shape index (κ3) is 4.97. The number of hydrogen-bond donors (Lipinski definition) is 0. The Morgan fingerprint density at radius 3 is 2.62 bits per heavy atom. The van der Waals surface area contributed by atoms with E-state index in [0.717, 1.165) is 30.0 Å². The summed E-state index contributed by atoms with van der Waals surface area (Å²) in [6, 6.07) is 11.4. The van der Waals surface area contributed by atoms with Gasteiger partial charge in [-0.3, -0.25) is 9.59 Å². The largest absolute Gasteiger partial charge is 0.491 e. The van der Waals surface area contributed by atoms with Gasteiger partial charge in [0, 0.05) is 30.1 Å². The molecule has 0 radical (unpaired) electrons. The van der Waals surface area contributed by atoms with Gasteiger partial charge in [0.2, 0.25) is 5.91 Å². The van der Waals surface area contributed by atoms with E-state index in [2.05, 4.69) is 0 Å². The maximum atomic E-state index is 12.6. The zero-order chi connectivity index (χ0) is 20.1. The van der Waals surface area contributed by atoms with Crippen molar-refractivity contribution >= 4 is 23.2 Å². The van der Waals surface area contributed by atoms with E-state index in [9.17, 15) is 9.59 Å². The molecule has 0 saturated carbocycles. The summed E-state index contributed by atoms with van der Waals surface area (Å²) in [5, 5.41) is 2.00. The highest BCUT2D eigenvalue weighted by molar-refractivity contribution is 7.10. The molecule has 0 spiro atoms. The summed E-state index contributed by atoms with van der Waals surface area (Å²) in [7, 11) is 0. The second kappa shape index (κ2) is 9.41. The Morgan fingerprint density at radius 1 is 1.10 bits per heavy atom. The highest BCUT2D eigenvalue weighted by atomic mass is 32.1. The van der Waals surface area contributed by atoms with E-state index in [1.165, 1.54) is 0 Å². The fourth-order valence-corrected chi connectivity index (χ4v) is 4.53. The zero-order valence-electron chi connectivity index (χ0n) is 16.4. The van der Waals surface area contributed by atoms with Crippen LogP contribution < -0.4 is 4.74 Å². The van der Waals surface area contributed by atoms with E-state index < -0.39 is 0 Å². The molecule has 1 aromatic heterocycles. The Hall–Kier alpha value is -2.38. The van der Waals surface area contributed by atoms with Crippen LogP contribution in [0, 0.1) is 0 Å². The average molecular weight is 415 g/mol. The Balaban J connectivity index is 1.30. The lowest BCUT2D eigenvalue weighted by molar-refractivity contribution is -0.131. The van der Waals surface area contributed by atoms with Gasteiger partial charge in [0.15, 0.2) is 0 Å². The van der Waals surface area contributed by atoms with Gasteiger partial charge in [-0.25, -0.2) is 0 Å². The van der Waals surface area contributed by atoms with Crippen molar-refractivity contribution in [2.24, 2.45) is 0 Å². The van der Waals surface area contributed by atoms with Crippen LogP contribution in [-0.4, -0.2) is 67.1 Å². The number of rotatable bonds is 6. The minimum atomic E-state index is 0.0287. The van der Waals surface area contributed by atoms with E-state index >= 15 is 0 Å². The molecule has 2 fully saturated rings. The Morgan fingerprint density at radius 2 is 1.90 bits per heavy atom. The lowest BCUT2D eigenvalue weighted by atomic mass is 10.2. The number of hydrogen-bond acceptors (Lipinski definition) is 5. The van der Waals surface area contributed by atoms with Gasteiger partial charge in [0.1, 0.15) is 12.4 Å². The second-order valence-electron chi connectivity index (χ2n) is 7.38. The molecule has 6 nitrogen and oxygen atoms in total. The number of amides is 2. The Kier molecular flexibility index (Phi) is 6.46. The molecule has 1 atom stereocenters. The molecule has 0 aliphatic carbocycles. The van der Waals surface area contributed by atoms with Crippen LogP contribution in [0.2, 0.25) is 0 Å². The number of ether oxygens (including phenoxy) is 2. The molecule has 7 heteroatoms. The standard InChI is InChI=1S/C22H26N2O4S/c25-21(15-20-4-2-14-29-20)24-9-1-3-18(24)16-28-19-7-5-17(6-8-19)22(26)23-10-12-27-13-11-23/h2,4-8,14,18H,1,3,9-13,15-16H2.